The second-order valence-corrected chi connectivity index (χ2v) is 8.41. The second-order valence-electron chi connectivity index (χ2n) is 6.31. The Bertz CT molecular complexity index is 893. The first-order valence-electron chi connectivity index (χ1n) is 8.63. The molecule has 0 spiro atoms. The molecule has 0 saturated heterocycles. The van der Waals surface area contributed by atoms with Gasteiger partial charge in [0, 0.05) is 31.7 Å². The van der Waals surface area contributed by atoms with Crippen LogP contribution < -0.4 is 15.4 Å². The minimum absolute atomic E-state index is 0.0479. The van der Waals surface area contributed by atoms with Crippen LogP contribution in [0, 0.1) is 0 Å². The number of hydrogen-bond acceptors (Lipinski definition) is 4. The van der Waals surface area contributed by atoms with Crippen molar-refractivity contribution >= 4 is 15.9 Å². The maximum Gasteiger partial charge on any atom is 0.251 e. The van der Waals surface area contributed by atoms with E-state index in [1.54, 1.807) is 31.2 Å². The molecule has 138 valence electrons. The number of carbonyl (C=O) groups excluding carboxylic acids is 1. The number of nitrogens with one attached hydrogen (secondary N) is 3. The fourth-order valence-corrected chi connectivity index (χ4v) is 3.40. The SMILES string of the molecule is CCS(=O)(=O)NCc1ccc(C(=O)NCc2ccc3c(c2)CNC3)cc1. The van der Waals surface area contributed by atoms with Crippen LogP contribution in [0.2, 0.25) is 0 Å². The zero-order valence-electron chi connectivity index (χ0n) is 14.7. The summed E-state index contributed by atoms with van der Waals surface area (Å²) < 4.78 is 25.4. The molecular weight excluding hydrogens is 350 g/mol. The van der Waals surface area contributed by atoms with Gasteiger partial charge >= 0.3 is 0 Å². The molecular formula is C19H23N3O3S. The number of benzene rings is 2. The van der Waals surface area contributed by atoms with E-state index in [1.807, 2.05) is 6.07 Å². The summed E-state index contributed by atoms with van der Waals surface area (Å²) in [7, 11) is -3.22. The molecule has 0 radical (unpaired) electrons. The van der Waals surface area contributed by atoms with Crippen LogP contribution in [0.15, 0.2) is 42.5 Å². The van der Waals surface area contributed by atoms with Crippen molar-refractivity contribution in [1.82, 2.24) is 15.4 Å². The molecule has 1 amide bonds. The van der Waals surface area contributed by atoms with E-state index in [0.29, 0.717) is 12.1 Å². The molecule has 1 heterocycles. The van der Waals surface area contributed by atoms with Gasteiger partial charge in [-0.3, -0.25) is 4.79 Å². The largest absolute Gasteiger partial charge is 0.348 e. The highest BCUT2D eigenvalue weighted by Gasteiger charge is 2.11. The first-order chi connectivity index (χ1) is 12.5. The standard InChI is InChI=1S/C19H23N3O3S/c1-2-26(24,25)22-11-14-3-6-16(7-4-14)19(23)21-10-15-5-8-17-12-20-13-18(17)9-15/h3-9,20,22H,2,10-13H2,1H3,(H,21,23). The lowest BCUT2D eigenvalue weighted by molar-refractivity contribution is 0.0951. The van der Waals surface area contributed by atoms with Gasteiger partial charge in [0.25, 0.3) is 5.91 Å². The summed E-state index contributed by atoms with van der Waals surface area (Å²) in [5.74, 6) is -0.101. The molecule has 1 aliphatic rings. The van der Waals surface area contributed by atoms with E-state index < -0.39 is 10.0 Å². The van der Waals surface area contributed by atoms with Gasteiger partial charge in [0.05, 0.1) is 5.75 Å². The van der Waals surface area contributed by atoms with E-state index in [2.05, 4.69) is 27.5 Å². The molecule has 0 atom stereocenters. The fraction of sp³-hybridized carbons (Fsp3) is 0.316. The Balaban J connectivity index is 1.55. The molecule has 2 aromatic carbocycles. The number of rotatable bonds is 7. The highest BCUT2D eigenvalue weighted by atomic mass is 32.2. The van der Waals surface area contributed by atoms with E-state index in [1.165, 1.54) is 11.1 Å². The zero-order chi connectivity index (χ0) is 18.6. The Morgan fingerprint density at radius 3 is 2.42 bits per heavy atom. The summed E-state index contributed by atoms with van der Waals surface area (Å²) in [6, 6.07) is 13.2. The lowest BCUT2D eigenvalue weighted by Crippen LogP contribution is -2.25. The van der Waals surface area contributed by atoms with Gasteiger partial charge in [-0.2, -0.15) is 0 Å². The lowest BCUT2D eigenvalue weighted by Gasteiger charge is -2.08. The highest BCUT2D eigenvalue weighted by Crippen LogP contribution is 2.17. The molecule has 0 bridgehead atoms. The average molecular weight is 373 g/mol. The number of sulfonamides is 1. The van der Waals surface area contributed by atoms with Crippen molar-refractivity contribution in [2.45, 2.75) is 33.1 Å². The molecule has 26 heavy (non-hydrogen) atoms. The normalized spacial score (nSPS) is 13.4. The molecule has 2 aromatic rings. The van der Waals surface area contributed by atoms with Crippen molar-refractivity contribution in [3.8, 4) is 0 Å². The molecule has 3 rings (SSSR count). The summed E-state index contributed by atoms with van der Waals surface area (Å²) in [5.41, 5.74) is 5.04. The number of fused-ring (bicyclic) bond motifs is 1. The maximum absolute atomic E-state index is 12.3. The third-order valence-corrected chi connectivity index (χ3v) is 5.79. The van der Waals surface area contributed by atoms with E-state index in [4.69, 9.17) is 0 Å². The predicted octanol–water partition coefficient (Wildman–Crippen LogP) is 1.66. The number of hydrogen-bond donors (Lipinski definition) is 3. The van der Waals surface area contributed by atoms with Crippen molar-refractivity contribution < 1.29 is 13.2 Å². The first-order valence-corrected chi connectivity index (χ1v) is 10.3. The maximum atomic E-state index is 12.3. The zero-order valence-corrected chi connectivity index (χ0v) is 15.5. The van der Waals surface area contributed by atoms with E-state index >= 15 is 0 Å². The van der Waals surface area contributed by atoms with Crippen LogP contribution in [0.3, 0.4) is 0 Å². The van der Waals surface area contributed by atoms with Crippen molar-refractivity contribution in [2.24, 2.45) is 0 Å². The summed E-state index contributed by atoms with van der Waals surface area (Å²) >= 11 is 0. The summed E-state index contributed by atoms with van der Waals surface area (Å²) in [6.45, 7) is 4.07. The summed E-state index contributed by atoms with van der Waals surface area (Å²) in [4.78, 5) is 12.3. The quantitative estimate of drug-likeness (QED) is 0.689. The van der Waals surface area contributed by atoms with E-state index in [-0.39, 0.29) is 18.2 Å². The molecule has 0 aromatic heterocycles. The van der Waals surface area contributed by atoms with Gasteiger partial charge in [0.15, 0.2) is 0 Å². The van der Waals surface area contributed by atoms with Crippen molar-refractivity contribution in [3.05, 3.63) is 70.3 Å². The van der Waals surface area contributed by atoms with E-state index in [0.717, 1.165) is 24.2 Å². The van der Waals surface area contributed by atoms with E-state index in [9.17, 15) is 13.2 Å². The number of amides is 1. The van der Waals surface area contributed by atoms with Crippen LogP contribution in [0.1, 0.15) is 39.5 Å². The molecule has 0 aliphatic carbocycles. The topological polar surface area (TPSA) is 87.3 Å². The van der Waals surface area contributed by atoms with Gasteiger partial charge in [0.1, 0.15) is 0 Å². The van der Waals surface area contributed by atoms with Crippen LogP contribution in [-0.2, 0) is 36.2 Å². The first kappa shape index (κ1) is 18.6. The lowest BCUT2D eigenvalue weighted by atomic mass is 10.1. The van der Waals surface area contributed by atoms with Crippen LogP contribution >= 0.6 is 0 Å². The van der Waals surface area contributed by atoms with Crippen molar-refractivity contribution in [1.29, 1.82) is 0 Å². The van der Waals surface area contributed by atoms with Crippen LogP contribution in [0.5, 0.6) is 0 Å². The second kappa shape index (κ2) is 7.99. The molecule has 7 heteroatoms. The van der Waals surface area contributed by atoms with Gasteiger partial charge in [-0.15, -0.1) is 0 Å². The molecule has 1 aliphatic heterocycles. The third kappa shape index (κ3) is 4.69. The van der Waals surface area contributed by atoms with Crippen LogP contribution in [0.4, 0.5) is 0 Å². The minimum Gasteiger partial charge on any atom is -0.348 e. The third-order valence-electron chi connectivity index (χ3n) is 4.45. The van der Waals surface area contributed by atoms with Gasteiger partial charge in [-0.25, -0.2) is 13.1 Å². The highest BCUT2D eigenvalue weighted by molar-refractivity contribution is 7.89. The molecule has 0 unspecified atom stereocenters. The smallest absolute Gasteiger partial charge is 0.251 e. The van der Waals surface area contributed by atoms with Crippen molar-refractivity contribution in [3.63, 3.8) is 0 Å². The van der Waals surface area contributed by atoms with Crippen molar-refractivity contribution in [2.75, 3.05) is 5.75 Å². The van der Waals surface area contributed by atoms with Crippen LogP contribution in [-0.4, -0.2) is 20.1 Å². The summed E-state index contributed by atoms with van der Waals surface area (Å²) in [6.07, 6.45) is 0. The summed E-state index contributed by atoms with van der Waals surface area (Å²) in [5, 5.41) is 6.22. The Morgan fingerprint density at radius 2 is 1.69 bits per heavy atom. The van der Waals surface area contributed by atoms with Gasteiger partial charge in [-0.05, 0) is 41.3 Å². The average Bonchev–Trinajstić information content (AvgIpc) is 3.13. The fourth-order valence-electron chi connectivity index (χ4n) is 2.81. The minimum atomic E-state index is -3.22. The Labute approximate surface area is 154 Å². The van der Waals surface area contributed by atoms with Gasteiger partial charge in [0.2, 0.25) is 10.0 Å². The Hall–Kier alpha value is -2.22. The monoisotopic (exact) mass is 373 g/mol. The van der Waals surface area contributed by atoms with Gasteiger partial charge < -0.3 is 10.6 Å². The molecule has 0 saturated carbocycles. The molecule has 3 N–H and O–H groups in total. The Morgan fingerprint density at radius 1 is 1.00 bits per heavy atom. The number of carbonyl (C=O) groups is 1. The van der Waals surface area contributed by atoms with Gasteiger partial charge in [-0.1, -0.05) is 30.3 Å². The molecule has 6 nitrogen and oxygen atoms in total. The molecule has 0 fully saturated rings. The van der Waals surface area contributed by atoms with Crippen LogP contribution in [0.25, 0.3) is 0 Å². The Kier molecular flexibility index (Phi) is 5.70. The predicted molar refractivity (Wildman–Crippen MR) is 101 cm³/mol.